The Morgan fingerprint density at radius 1 is 1.00 bits per heavy atom. The van der Waals surface area contributed by atoms with Gasteiger partial charge in [0.05, 0.1) is 33.5 Å². The van der Waals surface area contributed by atoms with E-state index < -0.39 is 33.5 Å². The molecule has 0 aliphatic heterocycles. The zero-order valence-electron chi connectivity index (χ0n) is 19.8. The maximum absolute atomic E-state index is 13.2. The molecule has 0 spiro atoms. The molecule has 37 heavy (non-hydrogen) atoms. The van der Waals surface area contributed by atoms with Crippen molar-refractivity contribution in [3.63, 3.8) is 0 Å². The highest BCUT2D eigenvalue weighted by molar-refractivity contribution is 7.91. The van der Waals surface area contributed by atoms with Gasteiger partial charge in [-0.2, -0.15) is 0 Å². The van der Waals surface area contributed by atoms with E-state index in [2.05, 4.69) is 10.3 Å². The Labute approximate surface area is 219 Å². The number of nitrogens with one attached hydrogen (secondary N) is 1. The van der Waals surface area contributed by atoms with Crippen LogP contribution in [0.4, 0.5) is 0 Å². The van der Waals surface area contributed by atoms with Gasteiger partial charge in [-0.25, -0.2) is 18.2 Å². The molecule has 0 bridgehead atoms. The second-order valence-corrected chi connectivity index (χ2v) is 10.9. The van der Waals surface area contributed by atoms with Crippen LogP contribution in [0.25, 0.3) is 23.1 Å². The van der Waals surface area contributed by atoms with Crippen LogP contribution in [0.5, 0.6) is 0 Å². The number of carboxylic acid groups (broad SMARTS) is 1. The number of halogens is 1. The second kappa shape index (κ2) is 10.9. The third kappa shape index (κ3) is 6.41. The number of amides is 1. The first kappa shape index (κ1) is 26.1. The van der Waals surface area contributed by atoms with Gasteiger partial charge in [-0.3, -0.25) is 4.79 Å². The molecule has 9 heteroatoms. The van der Waals surface area contributed by atoms with E-state index in [1.54, 1.807) is 30.3 Å². The maximum Gasteiger partial charge on any atom is 0.337 e. The zero-order chi connectivity index (χ0) is 26.6. The average molecular weight is 535 g/mol. The van der Waals surface area contributed by atoms with Crippen LogP contribution < -0.4 is 5.32 Å². The number of hydrogen-bond donors (Lipinski definition) is 2. The van der Waals surface area contributed by atoms with E-state index in [0.717, 1.165) is 16.5 Å². The first-order valence-corrected chi connectivity index (χ1v) is 13.3. The predicted octanol–water partition coefficient (Wildman–Crippen LogP) is 5.41. The summed E-state index contributed by atoms with van der Waals surface area (Å²) in [6, 6.07) is 20.9. The minimum atomic E-state index is -4.06. The highest BCUT2D eigenvalue weighted by Crippen LogP contribution is 2.25. The van der Waals surface area contributed by atoms with Crippen LogP contribution in [0.3, 0.4) is 0 Å². The Bertz CT molecular complexity index is 1630. The molecule has 1 heterocycles. The van der Waals surface area contributed by atoms with Crippen LogP contribution >= 0.6 is 11.6 Å². The van der Waals surface area contributed by atoms with Gasteiger partial charge >= 0.3 is 5.97 Å². The van der Waals surface area contributed by atoms with Gasteiger partial charge < -0.3 is 10.4 Å². The normalized spacial score (nSPS) is 12.5. The molecule has 4 aromatic rings. The van der Waals surface area contributed by atoms with Crippen molar-refractivity contribution in [2.75, 3.05) is 5.75 Å². The van der Waals surface area contributed by atoms with E-state index in [9.17, 15) is 23.1 Å². The lowest BCUT2D eigenvalue weighted by Crippen LogP contribution is -2.32. The molecule has 4 rings (SSSR count). The number of hydrogen-bond acceptors (Lipinski definition) is 5. The Kier molecular flexibility index (Phi) is 7.71. The molecule has 1 atom stereocenters. The van der Waals surface area contributed by atoms with E-state index in [-0.39, 0.29) is 10.5 Å². The number of carbonyl (C=O) groups excluding carboxylic acids is 1. The highest BCUT2D eigenvalue weighted by atomic mass is 35.5. The van der Waals surface area contributed by atoms with Crippen LogP contribution in [-0.2, 0) is 14.6 Å². The molecule has 0 aliphatic rings. The first-order chi connectivity index (χ1) is 17.6. The molecule has 0 radical (unpaired) electrons. The van der Waals surface area contributed by atoms with Gasteiger partial charge in [0.1, 0.15) is 0 Å². The lowest BCUT2D eigenvalue weighted by molar-refractivity contribution is -0.119. The van der Waals surface area contributed by atoms with Crippen LogP contribution in [0, 0.1) is 0 Å². The highest BCUT2D eigenvalue weighted by Gasteiger charge is 2.27. The number of aromatic carboxylic acids is 1. The Balaban J connectivity index is 1.63. The Morgan fingerprint density at radius 2 is 1.76 bits per heavy atom. The third-order valence-corrected chi connectivity index (χ3v) is 7.68. The number of carboxylic acids is 1. The molecular formula is C28H23ClN2O5S. The molecule has 7 nitrogen and oxygen atoms in total. The van der Waals surface area contributed by atoms with Crippen molar-refractivity contribution >= 4 is 56.4 Å². The monoisotopic (exact) mass is 534 g/mol. The molecule has 188 valence electrons. The number of rotatable bonds is 8. The number of nitrogens with zero attached hydrogens (tertiary/aromatic N) is 1. The molecule has 0 saturated carbocycles. The summed E-state index contributed by atoms with van der Waals surface area (Å²) in [5, 5.41) is 13.7. The lowest BCUT2D eigenvalue weighted by atomic mass is 10.0. The van der Waals surface area contributed by atoms with Gasteiger partial charge in [0, 0.05) is 17.3 Å². The van der Waals surface area contributed by atoms with Crippen molar-refractivity contribution in [3.8, 4) is 0 Å². The topological polar surface area (TPSA) is 113 Å². The Morgan fingerprint density at radius 3 is 2.51 bits per heavy atom. The fourth-order valence-electron chi connectivity index (χ4n) is 3.95. The Hall–Kier alpha value is -4.01. The predicted molar refractivity (Wildman–Crippen MR) is 144 cm³/mol. The number of carbonyl (C=O) groups is 2. The minimum Gasteiger partial charge on any atom is -0.478 e. The second-order valence-electron chi connectivity index (χ2n) is 8.41. The molecular weight excluding hydrogens is 512 g/mol. The number of sulfone groups is 1. The fourth-order valence-corrected chi connectivity index (χ4v) is 5.79. The summed E-state index contributed by atoms with van der Waals surface area (Å²) in [7, 11) is -4.06. The minimum absolute atomic E-state index is 0.295. The molecule has 0 saturated heterocycles. The molecule has 0 aliphatic carbocycles. The van der Waals surface area contributed by atoms with E-state index in [0.29, 0.717) is 16.3 Å². The van der Waals surface area contributed by atoms with Crippen molar-refractivity contribution in [2.45, 2.75) is 17.9 Å². The fraction of sp³-hybridized carbons (Fsp3) is 0.107. The summed E-state index contributed by atoms with van der Waals surface area (Å²) < 4.78 is 26.4. The van der Waals surface area contributed by atoms with E-state index >= 15 is 0 Å². The molecule has 1 aromatic heterocycles. The van der Waals surface area contributed by atoms with Crippen LogP contribution in [0.15, 0.2) is 83.8 Å². The molecule has 1 amide bonds. The molecule has 2 N–H and O–H groups in total. The number of fused-ring (bicyclic) bond motifs is 1. The maximum atomic E-state index is 13.2. The SMILES string of the molecule is CC(=O)NC(CS(=O)(=O)c1ccccc1C(=O)O)c1cccc(/C=C/c2ccc3ccc(Cl)cc3n2)c1. The van der Waals surface area contributed by atoms with Gasteiger partial charge in [0.2, 0.25) is 5.91 Å². The average Bonchev–Trinajstić information content (AvgIpc) is 2.86. The summed E-state index contributed by atoms with van der Waals surface area (Å²) in [5.41, 5.74) is 2.49. The summed E-state index contributed by atoms with van der Waals surface area (Å²) in [5.74, 6) is -2.25. The number of pyridine rings is 1. The van der Waals surface area contributed by atoms with Crippen LogP contribution in [0.1, 0.15) is 40.1 Å². The van der Waals surface area contributed by atoms with Gasteiger partial charge in [0.15, 0.2) is 9.84 Å². The van der Waals surface area contributed by atoms with E-state index in [4.69, 9.17) is 11.6 Å². The first-order valence-electron chi connectivity index (χ1n) is 11.3. The standard InChI is InChI=1S/C28H23ClN2O5S/c1-18(32)30-26(17-37(35,36)27-8-3-2-7-24(27)28(33)34)21-6-4-5-19(15-21)9-13-23-14-11-20-10-12-22(29)16-25(20)31-23/h2-16,26H,17H2,1H3,(H,30,32)(H,33,34)/b13-9+. The largest absolute Gasteiger partial charge is 0.478 e. The van der Waals surface area contributed by atoms with E-state index in [1.165, 1.54) is 31.2 Å². The zero-order valence-corrected chi connectivity index (χ0v) is 21.3. The summed E-state index contributed by atoms with van der Waals surface area (Å²) >= 11 is 6.08. The molecule has 0 fully saturated rings. The van der Waals surface area contributed by atoms with Gasteiger partial charge in [0.25, 0.3) is 0 Å². The van der Waals surface area contributed by atoms with Crippen LogP contribution in [-0.4, -0.2) is 36.1 Å². The van der Waals surface area contributed by atoms with Crippen molar-refractivity contribution in [1.82, 2.24) is 10.3 Å². The smallest absolute Gasteiger partial charge is 0.337 e. The van der Waals surface area contributed by atoms with Gasteiger partial charge in [-0.15, -0.1) is 0 Å². The summed E-state index contributed by atoms with van der Waals surface area (Å²) in [4.78, 5) is 27.8. The summed E-state index contributed by atoms with van der Waals surface area (Å²) in [6.45, 7) is 1.30. The molecule has 3 aromatic carbocycles. The van der Waals surface area contributed by atoms with Gasteiger partial charge in [-0.05, 0) is 53.6 Å². The number of benzene rings is 3. The van der Waals surface area contributed by atoms with Crippen molar-refractivity contribution < 1.29 is 23.1 Å². The summed E-state index contributed by atoms with van der Waals surface area (Å²) in [6.07, 6.45) is 3.66. The van der Waals surface area contributed by atoms with E-state index in [1.807, 2.05) is 36.4 Å². The lowest BCUT2D eigenvalue weighted by Gasteiger charge is -2.19. The quantitative estimate of drug-likeness (QED) is 0.312. The van der Waals surface area contributed by atoms with Crippen molar-refractivity contribution in [3.05, 3.63) is 106 Å². The van der Waals surface area contributed by atoms with Crippen molar-refractivity contribution in [2.24, 2.45) is 0 Å². The van der Waals surface area contributed by atoms with Crippen molar-refractivity contribution in [1.29, 1.82) is 0 Å². The molecule has 1 unspecified atom stereocenters. The van der Waals surface area contributed by atoms with Gasteiger partial charge in [-0.1, -0.05) is 60.1 Å². The number of aromatic nitrogens is 1. The third-order valence-electron chi connectivity index (χ3n) is 5.65. The van der Waals surface area contributed by atoms with Crippen LogP contribution in [0.2, 0.25) is 5.02 Å².